The number of carboxylic acid groups (broad SMARTS) is 1. The minimum atomic E-state index is -1.13. The molecule has 1 heterocycles. The third-order valence-electron chi connectivity index (χ3n) is 1.79. The van der Waals surface area contributed by atoms with Crippen LogP contribution < -0.4 is 5.32 Å². The van der Waals surface area contributed by atoms with Gasteiger partial charge in [0.1, 0.15) is 5.92 Å². The molecule has 0 saturated carbocycles. The zero-order valence-corrected chi connectivity index (χ0v) is 7.65. The van der Waals surface area contributed by atoms with Crippen LogP contribution in [0.5, 0.6) is 0 Å². The molecule has 1 rings (SSSR count). The molecule has 6 heteroatoms. The van der Waals surface area contributed by atoms with Crippen LogP contribution in [0, 0.1) is 5.92 Å². The summed E-state index contributed by atoms with van der Waals surface area (Å²) >= 11 is 0. The van der Waals surface area contributed by atoms with E-state index in [-0.39, 0.29) is 6.54 Å². The molecule has 1 atom stereocenters. The maximum Gasteiger partial charge on any atom is 0.315 e. The number of hydrogen-bond acceptors (Lipinski definition) is 3. The lowest BCUT2D eigenvalue weighted by molar-refractivity contribution is -0.146. The van der Waals surface area contributed by atoms with Crippen LogP contribution in [0.2, 0.25) is 0 Å². The summed E-state index contributed by atoms with van der Waals surface area (Å²) in [5, 5.41) is 17.3. The van der Waals surface area contributed by atoms with E-state index >= 15 is 0 Å². The van der Waals surface area contributed by atoms with Crippen LogP contribution in [0.15, 0.2) is 12.4 Å². The molecule has 0 fully saturated rings. The summed E-state index contributed by atoms with van der Waals surface area (Å²) in [6.45, 7) is 1.62. The summed E-state index contributed by atoms with van der Waals surface area (Å²) in [5.74, 6) is -2.66. The molecule has 0 aliphatic carbocycles. The molecule has 1 aromatic rings. The highest BCUT2D eigenvalue weighted by atomic mass is 16.4. The number of nitrogens with one attached hydrogen (secondary N) is 2. The molecular formula is C8H11N3O3. The minimum Gasteiger partial charge on any atom is -0.481 e. The van der Waals surface area contributed by atoms with E-state index in [2.05, 4.69) is 15.5 Å². The molecule has 3 N–H and O–H groups in total. The molecule has 0 aliphatic rings. The van der Waals surface area contributed by atoms with Crippen LogP contribution in [0.4, 0.5) is 0 Å². The molecule has 0 saturated heterocycles. The minimum absolute atomic E-state index is 0.285. The van der Waals surface area contributed by atoms with E-state index < -0.39 is 17.8 Å². The van der Waals surface area contributed by atoms with Crippen molar-refractivity contribution < 1.29 is 14.7 Å². The van der Waals surface area contributed by atoms with Crippen LogP contribution in [0.1, 0.15) is 12.5 Å². The number of H-pyrrole nitrogens is 1. The monoisotopic (exact) mass is 197 g/mol. The average molecular weight is 197 g/mol. The van der Waals surface area contributed by atoms with E-state index in [4.69, 9.17) is 5.11 Å². The van der Waals surface area contributed by atoms with Gasteiger partial charge in [-0.15, -0.1) is 0 Å². The fourth-order valence-electron chi connectivity index (χ4n) is 0.829. The number of hydrogen-bond donors (Lipinski definition) is 3. The third kappa shape index (κ3) is 2.58. The normalized spacial score (nSPS) is 12.1. The van der Waals surface area contributed by atoms with Gasteiger partial charge < -0.3 is 10.4 Å². The van der Waals surface area contributed by atoms with E-state index in [0.717, 1.165) is 5.56 Å². The van der Waals surface area contributed by atoms with E-state index in [1.54, 1.807) is 12.4 Å². The van der Waals surface area contributed by atoms with Crippen LogP contribution in [0.25, 0.3) is 0 Å². The van der Waals surface area contributed by atoms with Gasteiger partial charge in [0.05, 0.1) is 6.20 Å². The quantitative estimate of drug-likeness (QED) is 0.580. The molecule has 0 spiro atoms. The first kappa shape index (κ1) is 10.2. The van der Waals surface area contributed by atoms with Crippen LogP contribution in [-0.2, 0) is 16.1 Å². The number of amides is 1. The molecule has 76 valence electrons. The van der Waals surface area contributed by atoms with Crippen molar-refractivity contribution in [2.24, 2.45) is 5.92 Å². The zero-order valence-electron chi connectivity index (χ0n) is 7.65. The maximum atomic E-state index is 11.2. The lowest BCUT2D eigenvalue weighted by Crippen LogP contribution is -2.32. The first-order chi connectivity index (χ1) is 6.61. The Kier molecular flexibility index (Phi) is 3.22. The fraction of sp³-hybridized carbons (Fsp3) is 0.375. The van der Waals surface area contributed by atoms with Crippen LogP contribution >= 0.6 is 0 Å². The van der Waals surface area contributed by atoms with Crippen molar-refractivity contribution in [2.75, 3.05) is 0 Å². The highest BCUT2D eigenvalue weighted by Crippen LogP contribution is 1.97. The lowest BCUT2D eigenvalue weighted by atomic mass is 10.1. The second-order valence-electron chi connectivity index (χ2n) is 2.88. The number of rotatable bonds is 4. The first-order valence-electron chi connectivity index (χ1n) is 4.09. The number of aromatic amines is 1. The van der Waals surface area contributed by atoms with Crippen molar-refractivity contribution in [3.8, 4) is 0 Å². The van der Waals surface area contributed by atoms with Crippen molar-refractivity contribution in [1.82, 2.24) is 15.5 Å². The van der Waals surface area contributed by atoms with Gasteiger partial charge in [-0.25, -0.2) is 0 Å². The highest BCUT2D eigenvalue weighted by molar-refractivity contribution is 5.96. The molecule has 0 bridgehead atoms. The Morgan fingerprint density at radius 1 is 1.71 bits per heavy atom. The topological polar surface area (TPSA) is 95.1 Å². The van der Waals surface area contributed by atoms with Gasteiger partial charge in [-0.05, 0) is 6.92 Å². The van der Waals surface area contributed by atoms with Gasteiger partial charge >= 0.3 is 5.97 Å². The molecule has 14 heavy (non-hydrogen) atoms. The van der Waals surface area contributed by atoms with Crippen molar-refractivity contribution in [3.63, 3.8) is 0 Å². The number of carbonyl (C=O) groups is 2. The number of aliphatic carboxylic acids is 1. The van der Waals surface area contributed by atoms with Gasteiger partial charge in [-0.2, -0.15) is 5.10 Å². The van der Waals surface area contributed by atoms with Crippen molar-refractivity contribution in [2.45, 2.75) is 13.5 Å². The summed E-state index contributed by atoms with van der Waals surface area (Å²) < 4.78 is 0. The Bertz CT molecular complexity index is 321. The van der Waals surface area contributed by atoms with Crippen molar-refractivity contribution in [3.05, 3.63) is 18.0 Å². The van der Waals surface area contributed by atoms with Gasteiger partial charge in [0, 0.05) is 18.3 Å². The summed E-state index contributed by atoms with van der Waals surface area (Å²) in [4.78, 5) is 21.6. The average Bonchev–Trinajstić information content (AvgIpc) is 2.65. The zero-order chi connectivity index (χ0) is 10.6. The lowest BCUT2D eigenvalue weighted by Gasteiger charge is -2.06. The summed E-state index contributed by atoms with van der Waals surface area (Å²) in [5.41, 5.74) is 0.802. The van der Waals surface area contributed by atoms with Crippen molar-refractivity contribution >= 4 is 11.9 Å². The Labute approximate surface area is 80.3 Å². The van der Waals surface area contributed by atoms with Gasteiger partial charge in [0.25, 0.3) is 0 Å². The molecule has 0 aromatic carbocycles. The van der Waals surface area contributed by atoms with Crippen molar-refractivity contribution in [1.29, 1.82) is 0 Å². The molecule has 1 unspecified atom stereocenters. The molecule has 0 aliphatic heterocycles. The second kappa shape index (κ2) is 4.40. The third-order valence-corrected chi connectivity index (χ3v) is 1.79. The Balaban J connectivity index is 2.39. The van der Waals surface area contributed by atoms with Crippen LogP contribution in [-0.4, -0.2) is 27.2 Å². The number of carbonyl (C=O) groups excluding carboxylic acids is 1. The second-order valence-corrected chi connectivity index (χ2v) is 2.88. The SMILES string of the molecule is CC(C(=O)O)C(=O)NCc1cn[nH]c1. The largest absolute Gasteiger partial charge is 0.481 e. The van der Waals surface area contributed by atoms with Crippen LogP contribution in [0.3, 0.4) is 0 Å². The van der Waals surface area contributed by atoms with E-state index in [1.165, 1.54) is 6.92 Å². The number of carboxylic acids is 1. The molecule has 1 aromatic heterocycles. The molecular weight excluding hydrogens is 186 g/mol. The van der Waals surface area contributed by atoms with Gasteiger partial charge in [-0.1, -0.05) is 0 Å². The van der Waals surface area contributed by atoms with Gasteiger partial charge in [0.2, 0.25) is 5.91 Å². The summed E-state index contributed by atoms with van der Waals surface area (Å²) in [6, 6.07) is 0. The van der Waals surface area contributed by atoms with E-state index in [9.17, 15) is 9.59 Å². The predicted octanol–water partition coefficient (Wildman–Crippen LogP) is -0.253. The highest BCUT2D eigenvalue weighted by Gasteiger charge is 2.19. The standard InChI is InChI=1S/C8H11N3O3/c1-5(8(13)14)7(12)9-2-6-3-10-11-4-6/h3-5H,2H2,1H3,(H,9,12)(H,10,11)(H,13,14). The molecule has 6 nitrogen and oxygen atoms in total. The van der Waals surface area contributed by atoms with Gasteiger partial charge in [-0.3, -0.25) is 14.7 Å². The Morgan fingerprint density at radius 3 is 2.93 bits per heavy atom. The predicted molar refractivity (Wildman–Crippen MR) is 47.2 cm³/mol. The maximum absolute atomic E-state index is 11.2. The van der Waals surface area contributed by atoms with Gasteiger partial charge in [0.15, 0.2) is 0 Å². The summed E-state index contributed by atoms with van der Waals surface area (Å²) in [6.07, 6.45) is 3.19. The van der Waals surface area contributed by atoms with E-state index in [1.807, 2.05) is 0 Å². The molecule has 1 amide bonds. The molecule has 0 radical (unpaired) electrons. The first-order valence-corrected chi connectivity index (χ1v) is 4.09. The number of nitrogens with zero attached hydrogens (tertiary/aromatic N) is 1. The number of aromatic nitrogens is 2. The Hall–Kier alpha value is -1.85. The van der Waals surface area contributed by atoms with E-state index in [0.29, 0.717) is 0 Å². The Morgan fingerprint density at radius 2 is 2.43 bits per heavy atom. The summed E-state index contributed by atoms with van der Waals surface area (Å²) in [7, 11) is 0. The fourth-order valence-corrected chi connectivity index (χ4v) is 0.829. The smallest absolute Gasteiger partial charge is 0.315 e.